The average molecular weight is 158 g/mol. The Hall–Kier alpha value is -0.830. The Kier molecular flexibility index (Phi) is 3.82. The van der Waals surface area contributed by atoms with E-state index in [9.17, 15) is 4.79 Å². The fourth-order valence-corrected chi connectivity index (χ4v) is 0.610. The summed E-state index contributed by atoms with van der Waals surface area (Å²) in [7, 11) is 1.55. The summed E-state index contributed by atoms with van der Waals surface area (Å²) in [5, 5.41) is 8.73. The molecule has 1 atom stereocenters. The molecule has 1 N–H and O–H groups in total. The van der Waals surface area contributed by atoms with Crippen molar-refractivity contribution < 1.29 is 14.6 Å². The second-order valence-corrected chi connectivity index (χ2v) is 2.67. The molecule has 0 fully saturated rings. The fourth-order valence-electron chi connectivity index (χ4n) is 0.610. The van der Waals surface area contributed by atoms with E-state index in [0.717, 1.165) is 0 Å². The molecule has 11 heavy (non-hydrogen) atoms. The van der Waals surface area contributed by atoms with Gasteiger partial charge in [-0.15, -0.1) is 6.58 Å². The molecule has 0 aliphatic rings. The van der Waals surface area contributed by atoms with E-state index in [0.29, 0.717) is 13.0 Å². The van der Waals surface area contributed by atoms with E-state index >= 15 is 0 Å². The maximum atomic E-state index is 10.6. The van der Waals surface area contributed by atoms with Gasteiger partial charge in [0.1, 0.15) is 0 Å². The van der Waals surface area contributed by atoms with Crippen molar-refractivity contribution in [3.8, 4) is 0 Å². The zero-order chi connectivity index (χ0) is 8.91. The van der Waals surface area contributed by atoms with Crippen LogP contribution in [0.3, 0.4) is 0 Å². The molecule has 3 nitrogen and oxygen atoms in total. The number of hydrogen-bond acceptors (Lipinski definition) is 2. The lowest BCUT2D eigenvalue weighted by molar-refractivity contribution is -0.145. The van der Waals surface area contributed by atoms with Crippen molar-refractivity contribution in [2.24, 2.45) is 5.41 Å². The number of aliphatic carboxylic acids is 1. The van der Waals surface area contributed by atoms with Gasteiger partial charge in [0.2, 0.25) is 0 Å². The molecule has 3 heteroatoms. The van der Waals surface area contributed by atoms with Gasteiger partial charge < -0.3 is 9.84 Å². The van der Waals surface area contributed by atoms with Gasteiger partial charge in [-0.25, -0.2) is 0 Å². The highest BCUT2D eigenvalue weighted by atomic mass is 16.5. The van der Waals surface area contributed by atoms with Crippen molar-refractivity contribution in [2.75, 3.05) is 13.7 Å². The topological polar surface area (TPSA) is 46.5 Å². The summed E-state index contributed by atoms with van der Waals surface area (Å²) in [6, 6.07) is 0. The summed E-state index contributed by atoms with van der Waals surface area (Å²) in [4.78, 5) is 10.6. The maximum Gasteiger partial charge on any atom is 0.313 e. The first-order valence-corrected chi connectivity index (χ1v) is 3.43. The number of hydrogen-bond donors (Lipinski definition) is 1. The molecule has 0 radical (unpaired) electrons. The van der Waals surface area contributed by atoms with Crippen LogP contribution in [0, 0.1) is 5.41 Å². The van der Waals surface area contributed by atoms with Crippen LogP contribution < -0.4 is 0 Å². The number of carbonyl (C=O) groups is 1. The first kappa shape index (κ1) is 10.2. The molecule has 0 aromatic rings. The predicted octanol–water partition coefficient (Wildman–Crippen LogP) is 1.30. The van der Waals surface area contributed by atoms with Gasteiger partial charge in [0, 0.05) is 13.7 Å². The Labute approximate surface area is 66.7 Å². The molecular formula is C8H14O3. The molecule has 0 aliphatic carbocycles. The van der Waals surface area contributed by atoms with Crippen molar-refractivity contribution in [1.82, 2.24) is 0 Å². The normalized spacial score (nSPS) is 15.5. The van der Waals surface area contributed by atoms with Crippen LogP contribution in [-0.4, -0.2) is 24.8 Å². The number of carboxylic acid groups (broad SMARTS) is 1. The van der Waals surface area contributed by atoms with Gasteiger partial charge in [-0.3, -0.25) is 4.79 Å². The van der Waals surface area contributed by atoms with Crippen LogP contribution in [0.2, 0.25) is 0 Å². The second-order valence-electron chi connectivity index (χ2n) is 2.67. The Morgan fingerprint density at radius 3 is 2.64 bits per heavy atom. The summed E-state index contributed by atoms with van der Waals surface area (Å²) in [5.74, 6) is -0.857. The minimum atomic E-state index is -0.857. The van der Waals surface area contributed by atoms with Crippen LogP contribution in [0.1, 0.15) is 13.3 Å². The monoisotopic (exact) mass is 158 g/mol. The van der Waals surface area contributed by atoms with E-state index in [1.807, 2.05) is 0 Å². The van der Waals surface area contributed by atoms with Gasteiger partial charge >= 0.3 is 5.97 Å². The molecule has 0 bridgehead atoms. The highest BCUT2D eigenvalue weighted by Gasteiger charge is 2.28. The van der Waals surface area contributed by atoms with Crippen LogP contribution in [0.4, 0.5) is 0 Å². The van der Waals surface area contributed by atoms with Crippen molar-refractivity contribution in [3.05, 3.63) is 12.7 Å². The third kappa shape index (κ3) is 2.72. The molecule has 64 valence electrons. The molecule has 0 aliphatic heterocycles. The van der Waals surface area contributed by atoms with E-state index in [1.165, 1.54) is 6.08 Å². The molecule has 0 saturated heterocycles. The lowest BCUT2D eigenvalue weighted by Crippen LogP contribution is -2.26. The van der Waals surface area contributed by atoms with Crippen LogP contribution in [0.15, 0.2) is 12.7 Å². The largest absolute Gasteiger partial charge is 0.481 e. The lowest BCUT2D eigenvalue weighted by atomic mass is 9.88. The number of methoxy groups -OCH3 is 1. The van der Waals surface area contributed by atoms with Gasteiger partial charge in [-0.05, 0) is 13.3 Å². The third-order valence-corrected chi connectivity index (χ3v) is 1.76. The van der Waals surface area contributed by atoms with Crippen molar-refractivity contribution in [2.45, 2.75) is 13.3 Å². The maximum absolute atomic E-state index is 10.6. The van der Waals surface area contributed by atoms with Gasteiger partial charge in [0.15, 0.2) is 0 Å². The van der Waals surface area contributed by atoms with Crippen LogP contribution in [-0.2, 0) is 9.53 Å². The van der Waals surface area contributed by atoms with E-state index in [-0.39, 0.29) is 0 Å². The van der Waals surface area contributed by atoms with Crippen molar-refractivity contribution in [1.29, 1.82) is 0 Å². The van der Waals surface area contributed by atoms with Gasteiger partial charge in [0.05, 0.1) is 5.41 Å². The third-order valence-electron chi connectivity index (χ3n) is 1.76. The highest BCUT2D eigenvalue weighted by Crippen LogP contribution is 2.22. The summed E-state index contributed by atoms with van der Waals surface area (Å²) in [6.45, 7) is 5.54. The summed E-state index contributed by atoms with van der Waals surface area (Å²) in [5.41, 5.74) is -0.851. The van der Waals surface area contributed by atoms with E-state index < -0.39 is 11.4 Å². The zero-order valence-corrected chi connectivity index (χ0v) is 6.96. The molecule has 0 rings (SSSR count). The van der Waals surface area contributed by atoms with E-state index in [4.69, 9.17) is 9.84 Å². The molecule has 0 heterocycles. The molecule has 0 aromatic heterocycles. The quantitative estimate of drug-likeness (QED) is 0.613. The summed E-state index contributed by atoms with van der Waals surface area (Å²) >= 11 is 0. The van der Waals surface area contributed by atoms with Crippen molar-refractivity contribution >= 4 is 5.97 Å². The Morgan fingerprint density at radius 1 is 1.82 bits per heavy atom. The SMILES string of the molecule is C=C[C@](C)(CCOC)C(=O)O. The highest BCUT2D eigenvalue weighted by molar-refractivity contribution is 5.76. The van der Waals surface area contributed by atoms with Crippen molar-refractivity contribution in [3.63, 3.8) is 0 Å². The molecular weight excluding hydrogens is 144 g/mol. The Morgan fingerprint density at radius 2 is 2.36 bits per heavy atom. The number of ether oxygens (including phenoxy) is 1. The molecule has 0 unspecified atom stereocenters. The summed E-state index contributed by atoms with van der Waals surface area (Å²) < 4.78 is 4.78. The minimum Gasteiger partial charge on any atom is -0.481 e. The van der Waals surface area contributed by atoms with E-state index in [1.54, 1.807) is 14.0 Å². The van der Waals surface area contributed by atoms with Gasteiger partial charge in [-0.2, -0.15) is 0 Å². The standard InChI is InChI=1S/C8H14O3/c1-4-8(2,7(9)10)5-6-11-3/h4H,1,5-6H2,2-3H3,(H,9,10)/t8-/m1/s1. The first-order chi connectivity index (χ1) is 5.06. The zero-order valence-electron chi connectivity index (χ0n) is 6.96. The average Bonchev–Trinajstić information content (AvgIpc) is 2.00. The van der Waals surface area contributed by atoms with Crippen LogP contribution in [0.25, 0.3) is 0 Å². The smallest absolute Gasteiger partial charge is 0.313 e. The first-order valence-electron chi connectivity index (χ1n) is 3.43. The Bertz CT molecular complexity index is 153. The van der Waals surface area contributed by atoms with E-state index in [2.05, 4.69) is 6.58 Å². The van der Waals surface area contributed by atoms with Gasteiger partial charge in [-0.1, -0.05) is 6.08 Å². The Balaban J connectivity index is 4.10. The van der Waals surface area contributed by atoms with Crippen LogP contribution in [0.5, 0.6) is 0 Å². The molecule has 0 spiro atoms. The minimum absolute atomic E-state index is 0.439. The summed E-state index contributed by atoms with van der Waals surface area (Å²) in [6.07, 6.45) is 1.90. The number of carboxylic acids is 1. The molecule has 0 saturated carbocycles. The molecule has 0 aromatic carbocycles. The van der Waals surface area contributed by atoms with Crippen LogP contribution >= 0.6 is 0 Å². The predicted molar refractivity (Wildman–Crippen MR) is 42.4 cm³/mol. The van der Waals surface area contributed by atoms with Gasteiger partial charge in [0.25, 0.3) is 0 Å². The fraction of sp³-hybridized carbons (Fsp3) is 0.625. The molecule has 0 amide bonds. The second kappa shape index (κ2) is 4.13. The lowest BCUT2D eigenvalue weighted by Gasteiger charge is -2.18. The number of rotatable bonds is 5.